The van der Waals surface area contributed by atoms with Crippen LogP contribution in [0.3, 0.4) is 0 Å². The van der Waals surface area contributed by atoms with Crippen molar-refractivity contribution in [1.82, 2.24) is 4.90 Å². The molecule has 0 radical (unpaired) electrons. The van der Waals surface area contributed by atoms with Crippen LogP contribution in [-0.4, -0.2) is 47.8 Å². The number of nitrogens with zero attached hydrogens (tertiary/aromatic N) is 1. The number of hydrogen-bond donors (Lipinski definition) is 1. The van der Waals surface area contributed by atoms with Crippen molar-refractivity contribution >= 4 is 5.97 Å². The molecule has 3 atom stereocenters. The van der Waals surface area contributed by atoms with Crippen molar-refractivity contribution in [3.8, 4) is 0 Å². The van der Waals surface area contributed by atoms with Gasteiger partial charge in [-0.1, -0.05) is 12.8 Å². The van der Waals surface area contributed by atoms with E-state index in [9.17, 15) is 9.90 Å². The molecule has 0 amide bonds. The number of likely N-dealkylation sites (tertiary alicyclic amines) is 1. The van der Waals surface area contributed by atoms with E-state index in [1.54, 1.807) is 0 Å². The first-order chi connectivity index (χ1) is 8.74. The Hall–Kier alpha value is -0.610. The van der Waals surface area contributed by atoms with Crippen LogP contribution in [0.25, 0.3) is 0 Å². The number of hydrogen-bond acceptors (Lipinski definition) is 3. The van der Waals surface area contributed by atoms with Gasteiger partial charge < -0.3 is 9.84 Å². The summed E-state index contributed by atoms with van der Waals surface area (Å²) in [6.07, 6.45) is 6.74. The third-order valence-corrected chi connectivity index (χ3v) is 4.42. The largest absolute Gasteiger partial charge is 0.480 e. The molecule has 1 saturated carbocycles. The first kappa shape index (κ1) is 13.8. The summed E-state index contributed by atoms with van der Waals surface area (Å²) in [6, 6.07) is 0.265. The van der Waals surface area contributed by atoms with Gasteiger partial charge >= 0.3 is 5.97 Å². The number of carbonyl (C=O) groups is 1. The molecule has 1 N–H and O–H groups in total. The third kappa shape index (κ3) is 3.04. The van der Waals surface area contributed by atoms with E-state index in [2.05, 4.69) is 4.90 Å². The fourth-order valence-corrected chi connectivity index (χ4v) is 3.61. The lowest BCUT2D eigenvalue weighted by molar-refractivity contribution is -0.142. The van der Waals surface area contributed by atoms with Crippen molar-refractivity contribution in [3.05, 3.63) is 0 Å². The second-order valence-electron chi connectivity index (χ2n) is 5.49. The third-order valence-electron chi connectivity index (χ3n) is 4.42. The highest BCUT2D eigenvalue weighted by Gasteiger charge is 2.44. The Labute approximate surface area is 109 Å². The molecule has 1 aliphatic carbocycles. The van der Waals surface area contributed by atoms with Crippen molar-refractivity contribution in [2.75, 3.05) is 19.8 Å². The van der Waals surface area contributed by atoms with Gasteiger partial charge in [0.25, 0.3) is 0 Å². The number of carboxylic acids is 1. The zero-order valence-corrected chi connectivity index (χ0v) is 11.3. The number of rotatable bonds is 6. The van der Waals surface area contributed by atoms with Gasteiger partial charge in [0.05, 0.1) is 0 Å². The molecule has 2 fully saturated rings. The van der Waals surface area contributed by atoms with Gasteiger partial charge in [0.1, 0.15) is 6.04 Å². The molecule has 1 heterocycles. The van der Waals surface area contributed by atoms with Crippen LogP contribution in [0.15, 0.2) is 0 Å². The van der Waals surface area contributed by atoms with Gasteiger partial charge in [0.15, 0.2) is 0 Å². The molecule has 104 valence electrons. The zero-order valence-electron chi connectivity index (χ0n) is 11.3. The molecule has 0 spiro atoms. The van der Waals surface area contributed by atoms with Crippen LogP contribution in [0.4, 0.5) is 0 Å². The Morgan fingerprint density at radius 2 is 2.17 bits per heavy atom. The topological polar surface area (TPSA) is 49.8 Å². The number of fused-ring (bicyclic) bond motifs is 1. The molecule has 2 aliphatic rings. The Kier molecular flexibility index (Phi) is 5.01. The van der Waals surface area contributed by atoms with Gasteiger partial charge in [-0.2, -0.15) is 0 Å². The Morgan fingerprint density at radius 3 is 2.89 bits per heavy atom. The van der Waals surface area contributed by atoms with Crippen molar-refractivity contribution < 1.29 is 14.6 Å². The molecule has 0 aromatic heterocycles. The number of ether oxygens (including phenoxy) is 1. The summed E-state index contributed by atoms with van der Waals surface area (Å²) in [5.74, 6) is -0.0206. The lowest BCUT2D eigenvalue weighted by Gasteiger charge is -2.32. The summed E-state index contributed by atoms with van der Waals surface area (Å²) in [7, 11) is 0. The van der Waals surface area contributed by atoms with E-state index in [-0.39, 0.29) is 6.04 Å². The molecule has 0 bridgehead atoms. The molecule has 2 rings (SSSR count). The van der Waals surface area contributed by atoms with E-state index in [4.69, 9.17) is 4.74 Å². The summed E-state index contributed by atoms with van der Waals surface area (Å²) in [6.45, 7) is 4.36. The van der Waals surface area contributed by atoms with Crippen LogP contribution in [-0.2, 0) is 9.53 Å². The Morgan fingerprint density at radius 1 is 1.39 bits per heavy atom. The molecule has 0 aromatic carbocycles. The van der Waals surface area contributed by atoms with Crippen molar-refractivity contribution in [2.24, 2.45) is 5.92 Å². The quantitative estimate of drug-likeness (QED) is 0.739. The van der Waals surface area contributed by atoms with Crippen LogP contribution in [0, 0.1) is 5.92 Å². The van der Waals surface area contributed by atoms with Crippen LogP contribution in [0.1, 0.15) is 45.4 Å². The highest BCUT2D eigenvalue weighted by molar-refractivity contribution is 5.74. The standard InChI is InChI=1S/C14H25NO3/c1-2-18-9-5-8-15-12-7-4-3-6-11(12)10-13(15)14(16)17/h11-13H,2-10H2,1H3,(H,16,17). The second-order valence-corrected chi connectivity index (χ2v) is 5.49. The summed E-state index contributed by atoms with van der Waals surface area (Å²) in [5, 5.41) is 9.36. The monoisotopic (exact) mass is 255 g/mol. The first-order valence-electron chi connectivity index (χ1n) is 7.30. The zero-order chi connectivity index (χ0) is 13.0. The van der Waals surface area contributed by atoms with E-state index in [1.807, 2.05) is 6.92 Å². The van der Waals surface area contributed by atoms with Gasteiger partial charge in [-0.15, -0.1) is 0 Å². The van der Waals surface area contributed by atoms with Crippen molar-refractivity contribution in [2.45, 2.75) is 57.5 Å². The average Bonchev–Trinajstić information content (AvgIpc) is 2.74. The lowest BCUT2D eigenvalue weighted by atomic mass is 9.85. The SMILES string of the molecule is CCOCCCN1C(C(=O)O)CC2CCCCC21. The molecule has 18 heavy (non-hydrogen) atoms. The highest BCUT2D eigenvalue weighted by Crippen LogP contribution is 2.39. The maximum absolute atomic E-state index is 11.4. The highest BCUT2D eigenvalue weighted by atomic mass is 16.5. The first-order valence-corrected chi connectivity index (χ1v) is 7.30. The number of carboxylic acid groups (broad SMARTS) is 1. The van der Waals surface area contributed by atoms with Crippen molar-refractivity contribution in [1.29, 1.82) is 0 Å². The van der Waals surface area contributed by atoms with Crippen LogP contribution < -0.4 is 0 Å². The van der Waals surface area contributed by atoms with Gasteiger partial charge in [0.2, 0.25) is 0 Å². The summed E-state index contributed by atoms with van der Waals surface area (Å²) in [4.78, 5) is 13.6. The fourth-order valence-electron chi connectivity index (χ4n) is 3.61. The maximum Gasteiger partial charge on any atom is 0.320 e. The minimum absolute atomic E-state index is 0.250. The maximum atomic E-state index is 11.4. The molecule has 1 saturated heterocycles. The summed E-state index contributed by atoms with van der Waals surface area (Å²) >= 11 is 0. The fraction of sp³-hybridized carbons (Fsp3) is 0.929. The minimum atomic E-state index is -0.638. The lowest BCUT2D eigenvalue weighted by Crippen LogP contribution is -2.43. The van der Waals surface area contributed by atoms with Crippen LogP contribution in [0.2, 0.25) is 0 Å². The van der Waals surface area contributed by atoms with Crippen molar-refractivity contribution in [3.63, 3.8) is 0 Å². The number of aliphatic carboxylic acids is 1. The molecule has 0 aromatic rings. The van der Waals surface area contributed by atoms with Gasteiger partial charge in [-0.05, 0) is 38.5 Å². The Bertz CT molecular complexity index is 282. The summed E-state index contributed by atoms with van der Waals surface area (Å²) in [5.41, 5.74) is 0. The average molecular weight is 255 g/mol. The molecule has 4 heteroatoms. The van der Waals surface area contributed by atoms with Crippen LogP contribution >= 0.6 is 0 Å². The Balaban J connectivity index is 1.91. The molecule has 4 nitrogen and oxygen atoms in total. The minimum Gasteiger partial charge on any atom is -0.480 e. The molecular formula is C14H25NO3. The van der Waals surface area contributed by atoms with E-state index in [0.717, 1.165) is 32.6 Å². The summed E-state index contributed by atoms with van der Waals surface area (Å²) < 4.78 is 5.35. The molecular weight excluding hydrogens is 230 g/mol. The predicted octanol–water partition coefficient (Wildman–Crippen LogP) is 2.13. The van der Waals surface area contributed by atoms with Gasteiger partial charge in [-0.25, -0.2) is 0 Å². The second kappa shape index (κ2) is 6.53. The van der Waals surface area contributed by atoms with Gasteiger partial charge in [0, 0.05) is 25.8 Å². The van der Waals surface area contributed by atoms with E-state index < -0.39 is 5.97 Å². The normalized spacial score (nSPS) is 32.4. The van der Waals surface area contributed by atoms with Gasteiger partial charge in [-0.3, -0.25) is 9.69 Å². The smallest absolute Gasteiger partial charge is 0.320 e. The van der Waals surface area contributed by atoms with E-state index >= 15 is 0 Å². The molecule has 1 aliphatic heterocycles. The predicted molar refractivity (Wildman–Crippen MR) is 69.6 cm³/mol. The molecule has 3 unspecified atom stereocenters. The van der Waals surface area contributed by atoms with E-state index in [0.29, 0.717) is 12.0 Å². The van der Waals surface area contributed by atoms with E-state index in [1.165, 1.54) is 25.7 Å². The van der Waals surface area contributed by atoms with Crippen LogP contribution in [0.5, 0.6) is 0 Å².